The molecule has 3 nitrogen and oxygen atoms in total. The summed E-state index contributed by atoms with van der Waals surface area (Å²) in [7, 11) is 0. The van der Waals surface area contributed by atoms with Crippen LogP contribution < -0.4 is 5.32 Å². The molecular formula is C10H17NO2. The van der Waals surface area contributed by atoms with E-state index in [2.05, 4.69) is 11.2 Å². The number of carboxylic acids is 1. The van der Waals surface area contributed by atoms with E-state index < -0.39 is 12.0 Å². The highest BCUT2D eigenvalue weighted by molar-refractivity contribution is 5.73. The van der Waals surface area contributed by atoms with E-state index in [-0.39, 0.29) is 6.04 Å². The van der Waals surface area contributed by atoms with Crippen molar-refractivity contribution < 1.29 is 9.90 Å². The number of nitrogens with one attached hydrogen (secondary N) is 1. The highest BCUT2D eigenvalue weighted by Gasteiger charge is 2.17. The standard InChI is InChI=1S/C10H17NO2/c1-4-6-8(3)11-9(7-5-2)10(12)13/h1,8-9,11H,5-7H2,2-3H3,(H,12,13). The molecule has 0 saturated heterocycles. The van der Waals surface area contributed by atoms with Crippen LogP contribution in [-0.2, 0) is 4.79 Å². The van der Waals surface area contributed by atoms with E-state index in [0.29, 0.717) is 12.8 Å². The smallest absolute Gasteiger partial charge is 0.320 e. The van der Waals surface area contributed by atoms with E-state index in [1.807, 2.05) is 13.8 Å². The Morgan fingerprint density at radius 2 is 2.31 bits per heavy atom. The van der Waals surface area contributed by atoms with Gasteiger partial charge in [-0.3, -0.25) is 4.79 Å². The number of terminal acetylenes is 1. The van der Waals surface area contributed by atoms with Crippen LogP contribution in [0.1, 0.15) is 33.1 Å². The van der Waals surface area contributed by atoms with Gasteiger partial charge in [-0.25, -0.2) is 0 Å². The fourth-order valence-corrected chi connectivity index (χ4v) is 1.15. The fraction of sp³-hybridized carbons (Fsp3) is 0.700. The molecule has 0 bridgehead atoms. The van der Waals surface area contributed by atoms with Crippen molar-refractivity contribution in [2.75, 3.05) is 0 Å². The second-order valence-electron chi connectivity index (χ2n) is 3.16. The van der Waals surface area contributed by atoms with Gasteiger partial charge in [0.25, 0.3) is 0 Å². The molecule has 0 amide bonds. The highest BCUT2D eigenvalue weighted by Crippen LogP contribution is 2.00. The Morgan fingerprint density at radius 3 is 2.69 bits per heavy atom. The number of aliphatic carboxylic acids is 1. The van der Waals surface area contributed by atoms with Crippen LogP contribution in [0.2, 0.25) is 0 Å². The molecule has 0 saturated carbocycles. The number of carbonyl (C=O) groups is 1. The number of hydrogen-bond donors (Lipinski definition) is 2. The minimum atomic E-state index is -0.800. The number of hydrogen-bond acceptors (Lipinski definition) is 2. The zero-order valence-electron chi connectivity index (χ0n) is 8.21. The molecule has 0 aromatic carbocycles. The van der Waals surface area contributed by atoms with Gasteiger partial charge in [-0.05, 0) is 13.3 Å². The average Bonchev–Trinajstić information content (AvgIpc) is 2.04. The van der Waals surface area contributed by atoms with Gasteiger partial charge in [-0.15, -0.1) is 12.3 Å². The highest BCUT2D eigenvalue weighted by atomic mass is 16.4. The van der Waals surface area contributed by atoms with Crippen LogP contribution in [0, 0.1) is 12.3 Å². The lowest BCUT2D eigenvalue weighted by Crippen LogP contribution is -2.41. The minimum absolute atomic E-state index is 0.0673. The molecule has 13 heavy (non-hydrogen) atoms. The van der Waals surface area contributed by atoms with Gasteiger partial charge in [-0.2, -0.15) is 0 Å². The molecule has 0 radical (unpaired) electrons. The number of carboxylic acid groups (broad SMARTS) is 1. The quantitative estimate of drug-likeness (QED) is 0.609. The van der Waals surface area contributed by atoms with Crippen molar-refractivity contribution in [1.29, 1.82) is 0 Å². The minimum Gasteiger partial charge on any atom is -0.480 e. The van der Waals surface area contributed by atoms with Crippen molar-refractivity contribution in [3.05, 3.63) is 0 Å². The van der Waals surface area contributed by atoms with Crippen LogP contribution >= 0.6 is 0 Å². The molecule has 2 unspecified atom stereocenters. The summed E-state index contributed by atoms with van der Waals surface area (Å²) >= 11 is 0. The molecular weight excluding hydrogens is 166 g/mol. The van der Waals surface area contributed by atoms with Gasteiger partial charge in [0.2, 0.25) is 0 Å². The van der Waals surface area contributed by atoms with Crippen LogP contribution in [-0.4, -0.2) is 23.2 Å². The van der Waals surface area contributed by atoms with Crippen molar-refractivity contribution in [1.82, 2.24) is 5.32 Å². The van der Waals surface area contributed by atoms with Gasteiger partial charge in [0.15, 0.2) is 0 Å². The fourth-order valence-electron chi connectivity index (χ4n) is 1.15. The first kappa shape index (κ1) is 12.0. The van der Waals surface area contributed by atoms with Crippen molar-refractivity contribution in [2.45, 2.75) is 45.2 Å². The molecule has 0 aliphatic heterocycles. The summed E-state index contributed by atoms with van der Waals surface area (Å²) in [5, 5.41) is 11.8. The van der Waals surface area contributed by atoms with E-state index in [4.69, 9.17) is 11.5 Å². The molecule has 0 fully saturated rings. The lowest BCUT2D eigenvalue weighted by Gasteiger charge is -2.17. The second-order valence-corrected chi connectivity index (χ2v) is 3.16. The Labute approximate surface area is 79.5 Å². The van der Waals surface area contributed by atoms with E-state index in [1.54, 1.807) is 0 Å². The van der Waals surface area contributed by atoms with Crippen LogP contribution in [0.4, 0.5) is 0 Å². The molecule has 0 aromatic rings. The zero-order chi connectivity index (χ0) is 10.3. The Kier molecular flexibility index (Phi) is 5.99. The molecule has 0 spiro atoms. The molecule has 0 aliphatic rings. The average molecular weight is 183 g/mol. The maximum atomic E-state index is 10.7. The third-order valence-corrected chi connectivity index (χ3v) is 1.79. The van der Waals surface area contributed by atoms with Gasteiger partial charge in [-0.1, -0.05) is 13.3 Å². The van der Waals surface area contributed by atoms with Crippen LogP contribution in [0.3, 0.4) is 0 Å². The molecule has 74 valence electrons. The van der Waals surface area contributed by atoms with E-state index >= 15 is 0 Å². The monoisotopic (exact) mass is 183 g/mol. The molecule has 2 atom stereocenters. The van der Waals surface area contributed by atoms with Crippen LogP contribution in [0.5, 0.6) is 0 Å². The lowest BCUT2D eigenvalue weighted by atomic mass is 10.1. The first-order chi connectivity index (χ1) is 6.11. The first-order valence-corrected chi connectivity index (χ1v) is 4.54. The van der Waals surface area contributed by atoms with Crippen molar-refractivity contribution >= 4 is 5.97 Å². The molecule has 0 aromatic heterocycles. The van der Waals surface area contributed by atoms with Crippen molar-refractivity contribution in [2.24, 2.45) is 0 Å². The Balaban J connectivity index is 3.95. The third-order valence-electron chi connectivity index (χ3n) is 1.79. The predicted molar refractivity (Wildman–Crippen MR) is 52.4 cm³/mol. The SMILES string of the molecule is C#CCC(C)NC(CCC)C(=O)O. The van der Waals surface area contributed by atoms with E-state index in [1.165, 1.54) is 0 Å². The van der Waals surface area contributed by atoms with Gasteiger partial charge in [0, 0.05) is 12.5 Å². The molecule has 0 rings (SSSR count). The lowest BCUT2D eigenvalue weighted by molar-refractivity contribution is -0.139. The molecule has 0 aliphatic carbocycles. The molecule has 3 heteroatoms. The topological polar surface area (TPSA) is 49.3 Å². The predicted octanol–water partition coefficient (Wildman–Crippen LogP) is 1.24. The van der Waals surface area contributed by atoms with Gasteiger partial charge in [0.1, 0.15) is 6.04 Å². The zero-order valence-corrected chi connectivity index (χ0v) is 8.21. The summed E-state index contributed by atoms with van der Waals surface area (Å²) in [6.07, 6.45) is 7.18. The van der Waals surface area contributed by atoms with Crippen LogP contribution in [0.15, 0.2) is 0 Å². The van der Waals surface area contributed by atoms with Crippen LogP contribution in [0.25, 0.3) is 0 Å². The summed E-state index contributed by atoms with van der Waals surface area (Å²) in [5.41, 5.74) is 0. The second kappa shape index (κ2) is 6.50. The summed E-state index contributed by atoms with van der Waals surface area (Å²) in [6, 6.07) is -0.397. The third kappa shape index (κ3) is 5.26. The maximum absolute atomic E-state index is 10.7. The maximum Gasteiger partial charge on any atom is 0.320 e. The van der Waals surface area contributed by atoms with Crippen molar-refractivity contribution in [3.63, 3.8) is 0 Å². The van der Waals surface area contributed by atoms with E-state index in [0.717, 1.165) is 6.42 Å². The summed E-state index contributed by atoms with van der Waals surface area (Å²) in [6.45, 7) is 3.86. The molecule has 2 N–H and O–H groups in total. The van der Waals surface area contributed by atoms with Gasteiger partial charge in [0.05, 0.1) is 0 Å². The first-order valence-electron chi connectivity index (χ1n) is 4.54. The van der Waals surface area contributed by atoms with Crippen molar-refractivity contribution in [3.8, 4) is 12.3 Å². The molecule has 0 heterocycles. The summed E-state index contributed by atoms with van der Waals surface area (Å²) < 4.78 is 0. The van der Waals surface area contributed by atoms with Gasteiger partial charge < -0.3 is 10.4 Å². The Bertz CT molecular complexity index is 196. The number of rotatable bonds is 6. The Hall–Kier alpha value is -1.01. The van der Waals surface area contributed by atoms with Gasteiger partial charge >= 0.3 is 5.97 Å². The normalized spacial score (nSPS) is 14.5. The van der Waals surface area contributed by atoms with E-state index in [9.17, 15) is 4.79 Å². The Morgan fingerprint density at radius 1 is 1.69 bits per heavy atom. The summed E-state index contributed by atoms with van der Waals surface area (Å²) in [4.78, 5) is 10.7. The largest absolute Gasteiger partial charge is 0.480 e. The summed E-state index contributed by atoms with van der Waals surface area (Å²) in [5.74, 6) is 1.70.